The van der Waals surface area contributed by atoms with Gasteiger partial charge in [0, 0.05) is 22.4 Å². The van der Waals surface area contributed by atoms with Crippen molar-refractivity contribution < 1.29 is 18.9 Å². The largest absolute Gasteiger partial charge is 0.497 e. The van der Waals surface area contributed by atoms with Gasteiger partial charge in [0.2, 0.25) is 0 Å². The van der Waals surface area contributed by atoms with Crippen LogP contribution in [-0.4, -0.2) is 21.3 Å². The number of hydrogen-bond acceptors (Lipinski definition) is 4. The molecule has 1 aliphatic rings. The second-order valence-corrected chi connectivity index (χ2v) is 6.53. The Bertz CT molecular complexity index is 1020. The Morgan fingerprint density at radius 1 is 0.815 bits per heavy atom. The predicted molar refractivity (Wildman–Crippen MR) is 107 cm³/mol. The summed E-state index contributed by atoms with van der Waals surface area (Å²) in [4.78, 5) is 0. The first kappa shape index (κ1) is 17.3. The van der Waals surface area contributed by atoms with Crippen LogP contribution in [0.25, 0.3) is 16.8 Å². The normalized spacial score (nSPS) is 15.2. The fourth-order valence-electron chi connectivity index (χ4n) is 3.50. The molecule has 1 heterocycles. The van der Waals surface area contributed by atoms with E-state index in [-0.39, 0.29) is 6.10 Å². The minimum Gasteiger partial charge on any atom is -0.497 e. The van der Waals surface area contributed by atoms with Gasteiger partial charge in [0.1, 0.15) is 29.1 Å². The van der Waals surface area contributed by atoms with Crippen molar-refractivity contribution in [1.82, 2.24) is 0 Å². The molecule has 0 saturated heterocycles. The molecule has 0 fully saturated rings. The van der Waals surface area contributed by atoms with Crippen molar-refractivity contribution in [3.05, 3.63) is 65.2 Å². The third-order valence-electron chi connectivity index (χ3n) is 4.97. The monoisotopic (exact) mass is 362 g/mol. The third kappa shape index (κ3) is 2.97. The van der Waals surface area contributed by atoms with E-state index in [1.54, 1.807) is 21.3 Å². The fourth-order valence-corrected chi connectivity index (χ4v) is 3.50. The van der Waals surface area contributed by atoms with E-state index >= 15 is 0 Å². The van der Waals surface area contributed by atoms with E-state index in [4.69, 9.17) is 18.9 Å². The molecule has 1 aliphatic heterocycles. The topological polar surface area (TPSA) is 36.9 Å². The van der Waals surface area contributed by atoms with Gasteiger partial charge in [0.05, 0.1) is 21.3 Å². The highest BCUT2D eigenvalue weighted by Gasteiger charge is 2.22. The van der Waals surface area contributed by atoms with Gasteiger partial charge in [-0.3, -0.25) is 0 Å². The van der Waals surface area contributed by atoms with Crippen LogP contribution in [0, 0.1) is 6.92 Å². The molecule has 0 aromatic heterocycles. The average Bonchev–Trinajstić information content (AvgIpc) is 2.73. The van der Waals surface area contributed by atoms with E-state index in [9.17, 15) is 0 Å². The number of fused-ring (bicyclic) bond motifs is 3. The van der Waals surface area contributed by atoms with Crippen molar-refractivity contribution in [2.45, 2.75) is 13.0 Å². The molecule has 0 radical (unpaired) electrons. The summed E-state index contributed by atoms with van der Waals surface area (Å²) in [5.41, 5.74) is 3.30. The Balaban J connectivity index is 1.85. The molecule has 0 spiro atoms. The second-order valence-electron chi connectivity index (χ2n) is 6.53. The van der Waals surface area contributed by atoms with Crippen LogP contribution in [0.4, 0.5) is 0 Å². The molecule has 1 atom stereocenters. The van der Waals surface area contributed by atoms with Crippen molar-refractivity contribution in [3.63, 3.8) is 0 Å². The first-order chi connectivity index (χ1) is 13.1. The van der Waals surface area contributed by atoms with Crippen LogP contribution < -0.4 is 18.9 Å². The molecular formula is C23H22O4. The summed E-state index contributed by atoms with van der Waals surface area (Å²) < 4.78 is 22.7. The lowest BCUT2D eigenvalue weighted by atomic mass is 9.95. The number of hydrogen-bond donors (Lipinski definition) is 0. The maximum atomic E-state index is 6.45. The van der Waals surface area contributed by atoms with Crippen LogP contribution in [0.5, 0.6) is 23.0 Å². The summed E-state index contributed by atoms with van der Waals surface area (Å²) in [5, 5.41) is 1.99. The van der Waals surface area contributed by atoms with Crippen molar-refractivity contribution in [1.29, 1.82) is 0 Å². The predicted octanol–water partition coefficient (Wildman–Crippen LogP) is 5.32. The molecule has 4 heteroatoms. The van der Waals surface area contributed by atoms with Crippen molar-refractivity contribution in [2.75, 3.05) is 21.3 Å². The van der Waals surface area contributed by atoms with Crippen LogP contribution in [0.2, 0.25) is 0 Å². The quantitative estimate of drug-likeness (QED) is 0.629. The fraction of sp³-hybridized carbons (Fsp3) is 0.217. The Kier molecular flexibility index (Phi) is 4.40. The van der Waals surface area contributed by atoms with Crippen molar-refractivity contribution >= 4 is 16.8 Å². The molecule has 0 saturated carbocycles. The highest BCUT2D eigenvalue weighted by molar-refractivity contribution is 5.98. The lowest BCUT2D eigenvalue weighted by Crippen LogP contribution is -2.10. The minimum atomic E-state index is -0.161. The standard InChI is InChI=1S/C23H22O4/c1-14-11-19-20(12-17(25-3)13-22(19)26-4)23-18(14)9-10-21(27-23)15-5-7-16(24-2)8-6-15/h5-13,21H,1-4H3. The summed E-state index contributed by atoms with van der Waals surface area (Å²) in [5.74, 6) is 3.19. The Labute approximate surface area is 158 Å². The smallest absolute Gasteiger partial charge is 0.142 e. The second kappa shape index (κ2) is 6.88. The maximum absolute atomic E-state index is 6.45. The van der Waals surface area contributed by atoms with E-state index in [0.717, 1.165) is 50.5 Å². The SMILES string of the molecule is COc1ccc(C2C=Cc3c(C)cc4c(OC)cc(OC)cc4c3O2)cc1. The lowest BCUT2D eigenvalue weighted by Gasteiger charge is -2.25. The summed E-state index contributed by atoms with van der Waals surface area (Å²) in [6.07, 6.45) is 4.06. The van der Waals surface area contributed by atoms with Gasteiger partial charge in [-0.1, -0.05) is 18.2 Å². The molecule has 3 aromatic carbocycles. The molecule has 0 aliphatic carbocycles. The van der Waals surface area contributed by atoms with Crippen LogP contribution in [-0.2, 0) is 0 Å². The summed E-state index contributed by atoms with van der Waals surface area (Å²) in [6.45, 7) is 2.09. The maximum Gasteiger partial charge on any atom is 0.142 e. The molecule has 0 N–H and O–H groups in total. The summed E-state index contributed by atoms with van der Waals surface area (Å²) in [7, 11) is 4.99. The van der Waals surface area contributed by atoms with Gasteiger partial charge >= 0.3 is 0 Å². The third-order valence-corrected chi connectivity index (χ3v) is 4.97. The van der Waals surface area contributed by atoms with Gasteiger partial charge in [0.15, 0.2) is 0 Å². The molecule has 138 valence electrons. The van der Waals surface area contributed by atoms with Gasteiger partial charge in [0.25, 0.3) is 0 Å². The minimum absolute atomic E-state index is 0.161. The number of methoxy groups -OCH3 is 3. The first-order valence-corrected chi connectivity index (χ1v) is 8.82. The number of benzene rings is 3. The molecular weight excluding hydrogens is 340 g/mol. The van der Waals surface area contributed by atoms with Crippen LogP contribution >= 0.6 is 0 Å². The lowest BCUT2D eigenvalue weighted by molar-refractivity contribution is 0.254. The number of ether oxygens (including phenoxy) is 4. The van der Waals surface area contributed by atoms with Gasteiger partial charge in [-0.15, -0.1) is 0 Å². The highest BCUT2D eigenvalue weighted by atomic mass is 16.5. The zero-order chi connectivity index (χ0) is 19.0. The van der Waals surface area contributed by atoms with Crippen LogP contribution in [0.1, 0.15) is 22.8 Å². The van der Waals surface area contributed by atoms with E-state index < -0.39 is 0 Å². The Morgan fingerprint density at radius 3 is 2.22 bits per heavy atom. The first-order valence-electron chi connectivity index (χ1n) is 8.82. The Morgan fingerprint density at radius 2 is 1.56 bits per heavy atom. The van der Waals surface area contributed by atoms with Crippen molar-refractivity contribution in [2.24, 2.45) is 0 Å². The van der Waals surface area contributed by atoms with Gasteiger partial charge in [-0.2, -0.15) is 0 Å². The van der Waals surface area contributed by atoms with E-state index in [2.05, 4.69) is 25.1 Å². The van der Waals surface area contributed by atoms with Crippen LogP contribution in [0.15, 0.2) is 48.5 Å². The molecule has 1 unspecified atom stereocenters. The van der Waals surface area contributed by atoms with Crippen molar-refractivity contribution in [3.8, 4) is 23.0 Å². The number of aryl methyl sites for hydroxylation is 1. The average molecular weight is 362 g/mol. The molecule has 0 amide bonds. The molecule has 4 nitrogen and oxygen atoms in total. The van der Waals surface area contributed by atoms with E-state index in [0.29, 0.717) is 0 Å². The van der Waals surface area contributed by atoms with Crippen LogP contribution in [0.3, 0.4) is 0 Å². The zero-order valence-corrected chi connectivity index (χ0v) is 15.9. The zero-order valence-electron chi connectivity index (χ0n) is 15.9. The molecule has 3 aromatic rings. The van der Waals surface area contributed by atoms with Gasteiger partial charge < -0.3 is 18.9 Å². The van der Waals surface area contributed by atoms with Gasteiger partial charge in [-0.25, -0.2) is 0 Å². The number of rotatable bonds is 4. The molecule has 4 rings (SSSR count). The summed E-state index contributed by atoms with van der Waals surface area (Å²) >= 11 is 0. The van der Waals surface area contributed by atoms with Gasteiger partial charge in [-0.05, 0) is 48.4 Å². The molecule has 0 bridgehead atoms. The molecule has 27 heavy (non-hydrogen) atoms. The summed E-state index contributed by atoms with van der Waals surface area (Å²) in [6, 6.07) is 14.0. The highest BCUT2D eigenvalue weighted by Crippen LogP contribution is 2.44. The van der Waals surface area contributed by atoms with E-state index in [1.807, 2.05) is 36.4 Å². The Hall–Kier alpha value is -3.14. The van der Waals surface area contributed by atoms with E-state index in [1.165, 1.54) is 0 Å².